The minimum absolute atomic E-state index is 0.0203. The van der Waals surface area contributed by atoms with Crippen LogP contribution in [0.3, 0.4) is 0 Å². The van der Waals surface area contributed by atoms with E-state index in [0.717, 1.165) is 12.1 Å². The first-order valence-corrected chi connectivity index (χ1v) is 9.40. The molecule has 164 valence electrons. The number of anilines is 1. The van der Waals surface area contributed by atoms with E-state index in [-0.39, 0.29) is 18.8 Å². The van der Waals surface area contributed by atoms with Crippen LogP contribution < -0.4 is 15.7 Å². The second-order valence-electron chi connectivity index (χ2n) is 6.87. The van der Waals surface area contributed by atoms with E-state index in [9.17, 15) is 22.8 Å². The molecule has 6 nitrogen and oxygen atoms in total. The van der Waals surface area contributed by atoms with Crippen LogP contribution in [0.4, 0.5) is 18.9 Å². The summed E-state index contributed by atoms with van der Waals surface area (Å²) in [6.07, 6.45) is -4.63. The number of hydrogen-bond acceptors (Lipinski definition) is 5. The van der Waals surface area contributed by atoms with E-state index in [2.05, 4.69) is 5.32 Å². The van der Waals surface area contributed by atoms with Crippen molar-refractivity contribution in [1.29, 1.82) is 0 Å². The van der Waals surface area contributed by atoms with Crippen LogP contribution in [0, 0.1) is 0 Å². The standard InChI is InChI=1S/C21H18ClF3N2O4/c1-27(10-12-7-20(29)31-18-9-14(30-2)4-5-15(12)18)11-19(28)26-13-3-6-17(22)16(8-13)21(23,24)25/h3-9H,10-11H2,1-2H3,(H,26,28). The molecule has 0 aliphatic carbocycles. The maximum atomic E-state index is 13.0. The second-order valence-corrected chi connectivity index (χ2v) is 7.27. The summed E-state index contributed by atoms with van der Waals surface area (Å²) >= 11 is 5.59. The van der Waals surface area contributed by atoms with E-state index in [4.69, 9.17) is 20.8 Å². The third kappa shape index (κ3) is 5.56. The maximum Gasteiger partial charge on any atom is 0.417 e. The van der Waals surface area contributed by atoms with Crippen molar-refractivity contribution in [3.8, 4) is 5.75 Å². The molecule has 0 spiro atoms. The maximum absolute atomic E-state index is 13.0. The molecule has 0 saturated carbocycles. The van der Waals surface area contributed by atoms with Gasteiger partial charge in [0.1, 0.15) is 11.3 Å². The van der Waals surface area contributed by atoms with Gasteiger partial charge in [-0.3, -0.25) is 9.69 Å². The molecule has 10 heteroatoms. The SMILES string of the molecule is COc1ccc2c(CN(C)CC(=O)Nc3ccc(Cl)c(C(F)(F)F)c3)cc(=O)oc2c1. The molecular formula is C21H18ClF3N2O4. The van der Waals surface area contributed by atoms with Crippen LogP contribution in [0.5, 0.6) is 5.75 Å². The van der Waals surface area contributed by atoms with Crippen molar-refractivity contribution >= 4 is 34.2 Å². The summed E-state index contributed by atoms with van der Waals surface area (Å²) in [6.45, 7) is 0.109. The molecule has 0 unspecified atom stereocenters. The van der Waals surface area contributed by atoms with Gasteiger partial charge in [-0.2, -0.15) is 13.2 Å². The summed E-state index contributed by atoms with van der Waals surface area (Å²) in [5, 5.41) is 2.66. The summed E-state index contributed by atoms with van der Waals surface area (Å²) in [7, 11) is 3.14. The van der Waals surface area contributed by atoms with Crippen molar-refractivity contribution in [3.05, 3.63) is 69.0 Å². The van der Waals surface area contributed by atoms with Gasteiger partial charge in [0.05, 0.1) is 24.2 Å². The van der Waals surface area contributed by atoms with Gasteiger partial charge in [0.15, 0.2) is 0 Å². The third-order valence-corrected chi connectivity index (χ3v) is 4.78. The molecule has 0 bridgehead atoms. The number of halogens is 4. The van der Waals surface area contributed by atoms with Gasteiger partial charge in [-0.25, -0.2) is 4.79 Å². The fourth-order valence-corrected chi connectivity index (χ4v) is 3.31. The summed E-state index contributed by atoms with van der Waals surface area (Å²) in [4.78, 5) is 25.8. The number of fused-ring (bicyclic) bond motifs is 1. The smallest absolute Gasteiger partial charge is 0.417 e. The lowest BCUT2D eigenvalue weighted by atomic mass is 10.1. The van der Waals surface area contributed by atoms with Crippen molar-refractivity contribution < 1.29 is 27.1 Å². The van der Waals surface area contributed by atoms with Crippen LogP contribution in [0.15, 0.2) is 51.7 Å². The summed E-state index contributed by atoms with van der Waals surface area (Å²) in [5.74, 6) is 0.00797. The molecule has 0 aliphatic rings. The monoisotopic (exact) mass is 454 g/mol. The first-order chi connectivity index (χ1) is 14.6. The average molecular weight is 455 g/mol. The summed E-state index contributed by atoms with van der Waals surface area (Å²) in [5.41, 5.74) is -0.615. The van der Waals surface area contributed by atoms with E-state index in [1.54, 1.807) is 30.1 Å². The first-order valence-electron chi connectivity index (χ1n) is 9.02. The van der Waals surface area contributed by atoms with Gasteiger partial charge in [0.25, 0.3) is 0 Å². The second kappa shape index (κ2) is 8.99. The topological polar surface area (TPSA) is 71.8 Å². The van der Waals surface area contributed by atoms with Crippen molar-refractivity contribution in [2.24, 2.45) is 0 Å². The van der Waals surface area contributed by atoms with E-state index in [1.165, 1.54) is 19.2 Å². The molecular weight excluding hydrogens is 437 g/mol. The van der Waals surface area contributed by atoms with Gasteiger partial charge in [-0.05, 0) is 42.9 Å². The number of alkyl halides is 3. The summed E-state index contributed by atoms with van der Waals surface area (Å²) < 4.78 is 49.3. The van der Waals surface area contributed by atoms with Gasteiger partial charge >= 0.3 is 11.8 Å². The molecule has 0 radical (unpaired) electrons. The van der Waals surface area contributed by atoms with Gasteiger partial charge in [0.2, 0.25) is 5.91 Å². The van der Waals surface area contributed by atoms with Gasteiger partial charge in [-0.1, -0.05) is 11.6 Å². The van der Waals surface area contributed by atoms with E-state index >= 15 is 0 Å². The van der Waals surface area contributed by atoms with Gasteiger partial charge in [-0.15, -0.1) is 0 Å². The number of likely N-dealkylation sites (N-methyl/N-ethyl adjacent to an activating group) is 1. The molecule has 3 rings (SSSR count). The number of carbonyl (C=O) groups excluding carboxylic acids is 1. The molecule has 2 aromatic carbocycles. The molecule has 1 aromatic heterocycles. The fourth-order valence-electron chi connectivity index (χ4n) is 3.08. The minimum atomic E-state index is -4.63. The number of ether oxygens (including phenoxy) is 1. The molecule has 31 heavy (non-hydrogen) atoms. The van der Waals surface area contributed by atoms with Crippen LogP contribution in [-0.4, -0.2) is 31.5 Å². The Bertz CT molecular complexity index is 1180. The Hall–Kier alpha value is -3.04. The molecule has 0 aliphatic heterocycles. The molecule has 0 fully saturated rings. The Morgan fingerprint density at radius 1 is 1.19 bits per heavy atom. The average Bonchev–Trinajstić information content (AvgIpc) is 2.67. The van der Waals surface area contributed by atoms with Crippen LogP contribution in [0.2, 0.25) is 5.02 Å². The van der Waals surface area contributed by atoms with E-state index in [1.807, 2.05) is 0 Å². The number of nitrogens with one attached hydrogen (secondary N) is 1. The van der Waals surface area contributed by atoms with Crippen molar-refractivity contribution in [1.82, 2.24) is 4.90 Å². The van der Waals surface area contributed by atoms with Crippen LogP contribution in [-0.2, 0) is 17.5 Å². The normalized spacial score (nSPS) is 11.7. The lowest BCUT2D eigenvalue weighted by molar-refractivity contribution is -0.137. The molecule has 1 N–H and O–H groups in total. The van der Waals surface area contributed by atoms with Crippen LogP contribution in [0.1, 0.15) is 11.1 Å². The highest BCUT2D eigenvalue weighted by Gasteiger charge is 2.33. The van der Waals surface area contributed by atoms with Crippen molar-refractivity contribution in [2.45, 2.75) is 12.7 Å². The lowest BCUT2D eigenvalue weighted by Gasteiger charge is -2.18. The Balaban J connectivity index is 1.72. The zero-order valence-electron chi connectivity index (χ0n) is 16.5. The Kier molecular flexibility index (Phi) is 6.56. The molecule has 1 heterocycles. The highest BCUT2D eigenvalue weighted by Crippen LogP contribution is 2.36. The number of rotatable bonds is 6. The number of nitrogens with zero attached hydrogens (tertiary/aromatic N) is 1. The molecule has 0 saturated heterocycles. The first kappa shape index (κ1) is 22.6. The highest BCUT2D eigenvalue weighted by molar-refractivity contribution is 6.31. The number of carbonyl (C=O) groups is 1. The van der Waals surface area contributed by atoms with E-state index < -0.39 is 28.3 Å². The predicted molar refractivity (Wildman–Crippen MR) is 110 cm³/mol. The quantitative estimate of drug-likeness (QED) is 0.553. The highest BCUT2D eigenvalue weighted by atomic mass is 35.5. The number of hydrogen-bond donors (Lipinski definition) is 1. The number of methoxy groups -OCH3 is 1. The van der Waals surface area contributed by atoms with Gasteiger partial charge < -0.3 is 14.5 Å². The van der Waals surface area contributed by atoms with Crippen molar-refractivity contribution in [3.63, 3.8) is 0 Å². The Labute approximate surface area is 180 Å². The zero-order chi connectivity index (χ0) is 22.8. The van der Waals surface area contributed by atoms with Crippen molar-refractivity contribution in [2.75, 3.05) is 26.0 Å². The Morgan fingerprint density at radius 3 is 2.61 bits per heavy atom. The third-order valence-electron chi connectivity index (χ3n) is 4.45. The largest absolute Gasteiger partial charge is 0.497 e. The fraction of sp³-hybridized carbons (Fsp3) is 0.238. The molecule has 3 aromatic rings. The summed E-state index contributed by atoms with van der Waals surface area (Å²) in [6, 6.07) is 9.53. The van der Waals surface area contributed by atoms with Crippen LogP contribution in [0.25, 0.3) is 11.0 Å². The molecule has 0 atom stereocenters. The number of amides is 1. The van der Waals surface area contributed by atoms with Crippen LogP contribution >= 0.6 is 11.6 Å². The van der Waals surface area contributed by atoms with E-state index in [0.29, 0.717) is 22.3 Å². The predicted octanol–water partition coefficient (Wildman–Crippen LogP) is 4.54. The Morgan fingerprint density at radius 2 is 1.94 bits per heavy atom. The zero-order valence-corrected chi connectivity index (χ0v) is 17.3. The molecule has 1 amide bonds. The lowest BCUT2D eigenvalue weighted by Crippen LogP contribution is -2.30. The number of benzene rings is 2. The minimum Gasteiger partial charge on any atom is -0.497 e. The van der Waals surface area contributed by atoms with Gasteiger partial charge in [0, 0.05) is 29.8 Å².